The molecule has 158 valence electrons. The van der Waals surface area contributed by atoms with Gasteiger partial charge in [0.1, 0.15) is 5.82 Å². The first kappa shape index (κ1) is 19.8. The molecule has 0 radical (unpaired) electrons. The monoisotopic (exact) mass is 411 g/mol. The molecule has 2 aliphatic rings. The summed E-state index contributed by atoms with van der Waals surface area (Å²) in [6, 6.07) is -0.158. The van der Waals surface area contributed by atoms with Crippen molar-refractivity contribution in [3.05, 3.63) is 29.1 Å². The fraction of sp³-hybridized carbons (Fsp3) is 0.632. The molecule has 1 fully saturated rings. The maximum absolute atomic E-state index is 13.4. The molecule has 1 amide bonds. The summed E-state index contributed by atoms with van der Waals surface area (Å²) in [5, 5.41) is 7.40. The summed E-state index contributed by atoms with van der Waals surface area (Å²) in [5.41, 5.74) is 1.21. The topological polar surface area (TPSA) is 76.2 Å². The first-order chi connectivity index (χ1) is 13.6. The number of hydrogen-bond acceptors (Lipinski definition) is 5. The quantitative estimate of drug-likeness (QED) is 0.813. The first-order valence-corrected chi connectivity index (χ1v) is 9.79. The van der Waals surface area contributed by atoms with E-state index in [4.69, 9.17) is 4.42 Å². The number of amides is 1. The number of nitrogens with zero attached hydrogens (tertiary/aromatic N) is 4. The van der Waals surface area contributed by atoms with Gasteiger partial charge in [0.15, 0.2) is 11.9 Å². The van der Waals surface area contributed by atoms with Gasteiger partial charge >= 0.3 is 6.18 Å². The minimum Gasteiger partial charge on any atom is -0.436 e. The van der Waals surface area contributed by atoms with Crippen molar-refractivity contribution in [3.63, 3.8) is 0 Å². The molecule has 2 aliphatic heterocycles. The zero-order valence-corrected chi connectivity index (χ0v) is 16.6. The molecule has 0 saturated carbocycles. The van der Waals surface area contributed by atoms with E-state index in [-0.39, 0.29) is 30.0 Å². The molecule has 0 bridgehead atoms. The van der Waals surface area contributed by atoms with Crippen molar-refractivity contribution < 1.29 is 22.4 Å². The number of likely N-dealkylation sites (tertiary alicyclic amines) is 1. The summed E-state index contributed by atoms with van der Waals surface area (Å²) in [5.74, 6) is 0.932. The molecule has 2 aromatic heterocycles. The van der Waals surface area contributed by atoms with Gasteiger partial charge in [-0.1, -0.05) is 0 Å². The van der Waals surface area contributed by atoms with Gasteiger partial charge in [-0.3, -0.25) is 4.79 Å². The Kier molecular flexibility index (Phi) is 4.82. The van der Waals surface area contributed by atoms with Crippen LogP contribution in [-0.2, 0) is 0 Å². The summed E-state index contributed by atoms with van der Waals surface area (Å²) in [4.78, 5) is 18.5. The number of rotatable bonds is 2. The average Bonchev–Trinajstić information content (AvgIpc) is 3.22. The molecule has 7 nitrogen and oxygen atoms in total. The van der Waals surface area contributed by atoms with Crippen LogP contribution in [0.3, 0.4) is 0 Å². The van der Waals surface area contributed by atoms with E-state index in [1.165, 1.54) is 0 Å². The maximum Gasteiger partial charge on any atom is 0.410 e. The summed E-state index contributed by atoms with van der Waals surface area (Å²) >= 11 is 0. The van der Waals surface area contributed by atoms with Crippen molar-refractivity contribution in [2.75, 3.05) is 18.4 Å². The van der Waals surface area contributed by atoms with Crippen LogP contribution in [0.25, 0.3) is 0 Å². The number of aryl methyl sites for hydroxylation is 2. The Hall–Kier alpha value is -2.52. The Labute approximate surface area is 166 Å². The van der Waals surface area contributed by atoms with Crippen molar-refractivity contribution in [2.24, 2.45) is 0 Å². The summed E-state index contributed by atoms with van der Waals surface area (Å²) in [6.07, 6.45) is -3.10. The number of halogens is 3. The zero-order valence-electron chi connectivity index (χ0n) is 16.6. The number of piperidine rings is 1. The molecule has 2 aromatic rings. The number of anilines is 1. The van der Waals surface area contributed by atoms with E-state index in [2.05, 4.69) is 15.4 Å². The Morgan fingerprint density at radius 2 is 1.97 bits per heavy atom. The number of carbonyl (C=O) groups excluding carboxylic acids is 1. The smallest absolute Gasteiger partial charge is 0.410 e. The molecule has 0 aliphatic carbocycles. The van der Waals surface area contributed by atoms with E-state index in [9.17, 15) is 18.0 Å². The number of nitrogens with one attached hydrogen (secondary N) is 1. The van der Waals surface area contributed by atoms with Crippen molar-refractivity contribution in [3.8, 4) is 0 Å². The highest BCUT2D eigenvalue weighted by Crippen LogP contribution is 2.41. The predicted octanol–water partition coefficient (Wildman–Crippen LogP) is 3.82. The van der Waals surface area contributed by atoms with E-state index >= 15 is 0 Å². The van der Waals surface area contributed by atoms with Crippen LogP contribution in [0.2, 0.25) is 0 Å². The summed E-state index contributed by atoms with van der Waals surface area (Å²) < 4.78 is 46.8. The minimum absolute atomic E-state index is 0.0145. The van der Waals surface area contributed by atoms with E-state index < -0.39 is 12.2 Å². The summed E-state index contributed by atoms with van der Waals surface area (Å²) in [7, 11) is 0. The van der Waals surface area contributed by atoms with Gasteiger partial charge in [0.05, 0.1) is 11.4 Å². The van der Waals surface area contributed by atoms with Crippen molar-refractivity contribution in [2.45, 2.75) is 64.2 Å². The van der Waals surface area contributed by atoms with E-state index in [0.717, 1.165) is 4.68 Å². The Balaban J connectivity index is 1.47. The lowest BCUT2D eigenvalue weighted by molar-refractivity contribution is -0.173. The van der Waals surface area contributed by atoms with Gasteiger partial charge in [-0.15, -0.1) is 0 Å². The molecular weight excluding hydrogens is 387 g/mol. The Morgan fingerprint density at radius 3 is 2.55 bits per heavy atom. The standard InChI is InChI=1S/C19H24F3N5O2/c1-10-8-15(19(20,21)22)27-16(23-10)9-14(25-27)13-4-6-26(7-5-13)18(28)17-11(2)24-12(3)29-17/h9-10,13,15,23H,4-8H2,1-3H3/t10-,15-/m1/s1. The van der Waals surface area contributed by atoms with Crippen LogP contribution in [0, 0.1) is 13.8 Å². The molecule has 29 heavy (non-hydrogen) atoms. The van der Waals surface area contributed by atoms with Crippen LogP contribution in [-0.4, -0.2) is 50.9 Å². The van der Waals surface area contributed by atoms with Gasteiger partial charge in [0, 0.05) is 38.0 Å². The molecule has 1 N–H and O–H groups in total. The minimum atomic E-state index is -4.34. The molecular formula is C19H24F3N5O2. The molecule has 2 atom stereocenters. The van der Waals surface area contributed by atoms with Crippen LogP contribution in [0.4, 0.5) is 19.0 Å². The second-order valence-electron chi connectivity index (χ2n) is 7.95. The number of aromatic nitrogens is 3. The third kappa shape index (κ3) is 3.72. The van der Waals surface area contributed by atoms with Crippen LogP contribution in [0.1, 0.15) is 66.0 Å². The number of hydrogen-bond donors (Lipinski definition) is 1. The average molecular weight is 411 g/mol. The van der Waals surface area contributed by atoms with Gasteiger partial charge in [-0.2, -0.15) is 18.3 Å². The fourth-order valence-corrected chi connectivity index (χ4v) is 4.23. The fourth-order valence-electron chi connectivity index (χ4n) is 4.23. The van der Waals surface area contributed by atoms with E-state index in [1.807, 2.05) is 0 Å². The Morgan fingerprint density at radius 1 is 1.28 bits per heavy atom. The van der Waals surface area contributed by atoms with Gasteiger partial charge in [0.2, 0.25) is 5.76 Å². The lowest BCUT2D eigenvalue weighted by Gasteiger charge is -2.31. The Bertz CT molecular complexity index is 912. The molecule has 1 saturated heterocycles. The van der Waals surface area contributed by atoms with Crippen LogP contribution >= 0.6 is 0 Å². The van der Waals surface area contributed by atoms with Gasteiger partial charge in [0.25, 0.3) is 5.91 Å². The van der Waals surface area contributed by atoms with Crippen LogP contribution in [0.5, 0.6) is 0 Å². The lowest BCUT2D eigenvalue weighted by Crippen LogP contribution is -2.38. The second kappa shape index (κ2) is 7.07. The zero-order chi connectivity index (χ0) is 20.9. The molecule has 4 rings (SSSR count). The number of oxazole rings is 1. The number of fused-ring (bicyclic) bond motifs is 1. The number of carbonyl (C=O) groups is 1. The molecule has 0 spiro atoms. The van der Waals surface area contributed by atoms with Crippen LogP contribution < -0.4 is 5.32 Å². The molecule has 4 heterocycles. The largest absolute Gasteiger partial charge is 0.436 e. The highest BCUT2D eigenvalue weighted by atomic mass is 19.4. The van der Waals surface area contributed by atoms with Crippen molar-refractivity contribution in [1.29, 1.82) is 0 Å². The SMILES string of the molecule is Cc1nc(C)c(C(=O)N2CCC(c3cc4n(n3)[C@@H](C(F)(F)F)C[C@@H](C)N4)CC2)o1. The molecule has 0 unspecified atom stereocenters. The molecule has 10 heteroatoms. The number of alkyl halides is 3. The lowest BCUT2D eigenvalue weighted by atomic mass is 9.93. The molecule has 0 aromatic carbocycles. The normalized spacial score (nSPS) is 23.0. The van der Waals surface area contributed by atoms with E-state index in [0.29, 0.717) is 49.0 Å². The van der Waals surface area contributed by atoms with Gasteiger partial charge in [-0.25, -0.2) is 9.67 Å². The van der Waals surface area contributed by atoms with Crippen molar-refractivity contribution >= 4 is 11.7 Å². The first-order valence-electron chi connectivity index (χ1n) is 9.79. The maximum atomic E-state index is 13.4. The van der Waals surface area contributed by atoms with Crippen LogP contribution in [0.15, 0.2) is 10.5 Å². The third-order valence-corrected chi connectivity index (χ3v) is 5.70. The highest BCUT2D eigenvalue weighted by molar-refractivity contribution is 5.92. The third-order valence-electron chi connectivity index (χ3n) is 5.70. The van der Waals surface area contributed by atoms with E-state index in [1.54, 1.807) is 31.7 Å². The predicted molar refractivity (Wildman–Crippen MR) is 98.9 cm³/mol. The van der Waals surface area contributed by atoms with Crippen molar-refractivity contribution in [1.82, 2.24) is 19.7 Å². The highest BCUT2D eigenvalue weighted by Gasteiger charge is 2.45. The van der Waals surface area contributed by atoms with Gasteiger partial charge in [-0.05, 0) is 33.1 Å². The van der Waals surface area contributed by atoms with Gasteiger partial charge < -0.3 is 14.6 Å². The summed E-state index contributed by atoms with van der Waals surface area (Å²) in [6.45, 7) is 6.16. The second-order valence-corrected chi connectivity index (χ2v) is 7.95.